The third kappa shape index (κ3) is 1.66. The maximum absolute atomic E-state index is 11.7. The van der Waals surface area contributed by atoms with Gasteiger partial charge in [-0.05, 0) is 6.07 Å². The van der Waals surface area contributed by atoms with Gasteiger partial charge in [0.05, 0.1) is 12.7 Å². The highest BCUT2D eigenvalue weighted by Crippen LogP contribution is 2.33. The molecule has 5 nitrogen and oxygen atoms in total. The van der Waals surface area contributed by atoms with Gasteiger partial charge >= 0.3 is 5.97 Å². The standard InChI is InChI=1S/C12H8N2O3/c1-17-12(16)8(6-13)10-7-4-2-3-5-9(7)14-11(10)15/h2-5H,1H3,(H,14,15). The molecule has 1 aromatic carbocycles. The fourth-order valence-corrected chi connectivity index (χ4v) is 1.67. The Labute approximate surface area is 97.3 Å². The van der Waals surface area contributed by atoms with Gasteiger partial charge in [0, 0.05) is 11.3 Å². The van der Waals surface area contributed by atoms with Crippen LogP contribution < -0.4 is 5.32 Å². The molecule has 84 valence electrons. The number of hydrogen-bond donors (Lipinski definition) is 1. The van der Waals surface area contributed by atoms with Gasteiger partial charge in [0.25, 0.3) is 5.91 Å². The maximum atomic E-state index is 11.7. The van der Waals surface area contributed by atoms with Crippen molar-refractivity contribution < 1.29 is 14.3 Å². The highest BCUT2D eigenvalue weighted by atomic mass is 16.5. The van der Waals surface area contributed by atoms with Gasteiger partial charge in [0.2, 0.25) is 0 Å². The van der Waals surface area contributed by atoms with Crippen molar-refractivity contribution in [3.05, 3.63) is 35.4 Å². The first-order chi connectivity index (χ1) is 8.19. The fraction of sp³-hybridized carbons (Fsp3) is 0.0833. The summed E-state index contributed by atoms with van der Waals surface area (Å²) in [6.45, 7) is 0. The SMILES string of the molecule is COC(=O)C(C#N)=C1C(=O)Nc2ccccc21. The summed E-state index contributed by atoms with van der Waals surface area (Å²) in [5.41, 5.74) is 0.911. The minimum absolute atomic E-state index is 0.0648. The van der Waals surface area contributed by atoms with E-state index in [0.717, 1.165) is 0 Å². The number of nitrogens with one attached hydrogen (secondary N) is 1. The van der Waals surface area contributed by atoms with Crippen molar-refractivity contribution in [3.63, 3.8) is 0 Å². The summed E-state index contributed by atoms with van der Waals surface area (Å²) < 4.78 is 4.48. The molecule has 1 aromatic rings. The Bertz CT molecular complexity index is 582. The van der Waals surface area contributed by atoms with Crippen molar-refractivity contribution in [1.29, 1.82) is 5.26 Å². The van der Waals surface area contributed by atoms with Crippen molar-refractivity contribution in [2.24, 2.45) is 0 Å². The third-order valence-corrected chi connectivity index (χ3v) is 2.42. The predicted octanol–water partition coefficient (Wildman–Crippen LogP) is 1.09. The second-order valence-corrected chi connectivity index (χ2v) is 3.35. The summed E-state index contributed by atoms with van der Waals surface area (Å²) in [5.74, 6) is -1.28. The number of amides is 1. The van der Waals surface area contributed by atoms with E-state index in [1.54, 1.807) is 30.3 Å². The molecule has 2 rings (SSSR count). The number of fused-ring (bicyclic) bond motifs is 1. The molecule has 0 aliphatic carbocycles. The largest absolute Gasteiger partial charge is 0.465 e. The molecule has 0 unspecified atom stereocenters. The molecule has 5 heteroatoms. The van der Waals surface area contributed by atoms with Crippen molar-refractivity contribution in [2.45, 2.75) is 0 Å². The van der Waals surface area contributed by atoms with E-state index < -0.39 is 11.9 Å². The average Bonchev–Trinajstić information content (AvgIpc) is 2.67. The van der Waals surface area contributed by atoms with E-state index in [9.17, 15) is 9.59 Å². The highest BCUT2D eigenvalue weighted by Gasteiger charge is 2.30. The smallest absolute Gasteiger partial charge is 0.349 e. The molecule has 0 atom stereocenters. The van der Waals surface area contributed by atoms with Crippen LogP contribution in [-0.2, 0) is 14.3 Å². The molecule has 0 fully saturated rings. The van der Waals surface area contributed by atoms with Crippen LogP contribution >= 0.6 is 0 Å². The molecule has 1 amide bonds. The number of benzene rings is 1. The molecule has 1 aliphatic rings. The average molecular weight is 228 g/mol. The van der Waals surface area contributed by atoms with Gasteiger partial charge in [0.15, 0.2) is 5.57 Å². The highest BCUT2D eigenvalue weighted by molar-refractivity contribution is 6.35. The van der Waals surface area contributed by atoms with E-state index in [2.05, 4.69) is 10.1 Å². The lowest BCUT2D eigenvalue weighted by Crippen LogP contribution is -2.11. The summed E-state index contributed by atoms with van der Waals surface area (Å²) >= 11 is 0. The topological polar surface area (TPSA) is 79.2 Å². The summed E-state index contributed by atoms with van der Waals surface area (Å²) in [7, 11) is 1.17. The minimum atomic E-state index is -0.811. The van der Waals surface area contributed by atoms with Gasteiger partial charge in [-0.2, -0.15) is 5.26 Å². The lowest BCUT2D eigenvalue weighted by atomic mass is 10.0. The van der Waals surface area contributed by atoms with Crippen LogP contribution in [0.15, 0.2) is 29.8 Å². The van der Waals surface area contributed by atoms with Gasteiger partial charge in [0.1, 0.15) is 6.07 Å². The molecule has 0 aromatic heterocycles. The monoisotopic (exact) mass is 228 g/mol. The number of esters is 1. The Morgan fingerprint density at radius 1 is 1.41 bits per heavy atom. The third-order valence-electron chi connectivity index (χ3n) is 2.42. The van der Waals surface area contributed by atoms with E-state index in [-0.39, 0.29) is 11.1 Å². The fourth-order valence-electron chi connectivity index (χ4n) is 1.67. The first-order valence-electron chi connectivity index (χ1n) is 4.82. The number of nitrogens with zero attached hydrogens (tertiary/aromatic N) is 1. The number of hydrogen-bond acceptors (Lipinski definition) is 4. The quantitative estimate of drug-likeness (QED) is 0.443. The zero-order chi connectivity index (χ0) is 12.4. The number of rotatable bonds is 1. The van der Waals surface area contributed by atoms with Crippen molar-refractivity contribution in [1.82, 2.24) is 0 Å². The summed E-state index contributed by atoms with van der Waals surface area (Å²) in [4.78, 5) is 23.1. The molecule has 17 heavy (non-hydrogen) atoms. The molecule has 1 aliphatic heterocycles. The van der Waals surface area contributed by atoms with Crippen LogP contribution in [0.5, 0.6) is 0 Å². The molecule has 1 N–H and O–H groups in total. The van der Waals surface area contributed by atoms with Gasteiger partial charge < -0.3 is 10.1 Å². The van der Waals surface area contributed by atoms with Crippen LogP contribution in [0.1, 0.15) is 5.56 Å². The van der Waals surface area contributed by atoms with Crippen LogP contribution in [0, 0.1) is 11.3 Å². The molecule has 0 bridgehead atoms. The first kappa shape index (κ1) is 10.9. The van der Waals surface area contributed by atoms with E-state index in [4.69, 9.17) is 5.26 Å². The van der Waals surface area contributed by atoms with Gasteiger partial charge in [-0.25, -0.2) is 4.79 Å². The molecule has 1 heterocycles. The van der Waals surface area contributed by atoms with E-state index in [1.165, 1.54) is 7.11 Å². The van der Waals surface area contributed by atoms with E-state index in [1.807, 2.05) is 0 Å². The number of carbonyl (C=O) groups excluding carboxylic acids is 2. The molecular formula is C12H8N2O3. The lowest BCUT2D eigenvalue weighted by molar-refractivity contribution is -0.135. The second-order valence-electron chi connectivity index (χ2n) is 3.35. The number of anilines is 1. The number of nitriles is 1. The van der Waals surface area contributed by atoms with Crippen LogP contribution in [-0.4, -0.2) is 19.0 Å². The molecule has 0 saturated heterocycles. The van der Waals surface area contributed by atoms with Crippen LogP contribution in [0.4, 0.5) is 5.69 Å². The Kier molecular flexibility index (Phi) is 2.63. The van der Waals surface area contributed by atoms with Crippen LogP contribution in [0.25, 0.3) is 5.57 Å². The maximum Gasteiger partial charge on any atom is 0.349 e. The zero-order valence-electron chi connectivity index (χ0n) is 8.98. The van der Waals surface area contributed by atoms with Gasteiger partial charge in [-0.3, -0.25) is 4.79 Å². The van der Waals surface area contributed by atoms with Crippen LogP contribution in [0.3, 0.4) is 0 Å². The number of methoxy groups -OCH3 is 1. The normalized spacial score (nSPS) is 15.6. The van der Waals surface area contributed by atoms with Gasteiger partial charge in [-0.15, -0.1) is 0 Å². The summed E-state index contributed by atoms with van der Waals surface area (Å²) in [6.07, 6.45) is 0. The number of ether oxygens (including phenoxy) is 1. The minimum Gasteiger partial charge on any atom is -0.465 e. The lowest BCUT2D eigenvalue weighted by Gasteiger charge is -2.00. The van der Waals surface area contributed by atoms with Crippen molar-refractivity contribution >= 4 is 23.1 Å². The second kappa shape index (κ2) is 4.10. The van der Waals surface area contributed by atoms with Crippen molar-refractivity contribution in [3.8, 4) is 6.07 Å². The van der Waals surface area contributed by atoms with Gasteiger partial charge in [-0.1, -0.05) is 18.2 Å². The number of carbonyl (C=O) groups is 2. The van der Waals surface area contributed by atoms with Crippen molar-refractivity contribution in [2.75, 3.05) is 12.4 Å². The van der Waals surface area contributed by atoms with Crippen LogP contribution in [0.2, 0.25) is 0 Å². The Balaban J connectivity index is 2.67. The molecule has 0 radical (unpaired) electrons. The summed E-state index contributed by atoms with van der Waals surface area (Å²) in [6, 6.07) is 8.56. The number of para-hydroxylation sites is 1. The zero-order valence-corrected chi connectivity index (χ0v) is 8.98. The molecular weight excluding hydrogens is 220 g/mol. The van der Waals surface area contributed by atoms with E-state index >= 15 is 0 Å². The van der Waals surface area contributed by atoms with E-state index in [0.29, 0.717) is 11.3 Å². The Morgan fingerprint density at radius 3 is 2.76 bits per heavy atom. The molecule has 0 spiro atoms. The molecule has 0 saturated carbocycles. The predicted molar refractivity (Wildman–Crippen MR) is 59.6 cm³/mol. The Hall–Kier alpha value is -2.61. The summed E-state index contributed by atoms with van der Waals surface area (Å²) in [5, 5.41) is 11.5. The Morgan fingerprint density at radius 2 is 2.12 bits per heavy atom. The first-order valence-corrected chi connectivity index (χ1v) is 4.82.